The molecule has 1 saturated carbocycles. The minimum atomic E-state index is -0.515. The number of nitro groups is 1. The van der Waals surface area contributed by atoms with E-state index in [2.05, 4.69) is 4.90 Å². The van der Waals surface area contributed by atoms with Gasteiger partial charge < -0.3 is 9.84 Å². The minimum absolute atomic E-state index is 0.0111. The van der Waals surface area contributed by atoms with Crippen molar-refractivity contribution < 1.29 is 14.8 Å². The number of likely N-dealkylation sites (tertiary alicyclic amines) is 1. The molecule has 0 spiro atoms. The van der Waals surface area contributed by atoms with Crippen molar-refractivity contribution in [2.45, 2.75) is 25.0 Å². The second-order valence-electron chi connectivity index (χ2n) is 5.79. The molecule has 6 nitrogen and oxygen atoms in total. The van der Waals surface area contributed by atoms with E-state index in [4.69, 9.17) is 4.74 Å². The van der Waals surface area contributed by atoms with E-state index in [0.29, 0.717) is 25.6 Å². The fourth-order valence-corrected chi connectivity index (χ4v) is 2.95. The summed E-state index contributed by atoms with van der Waals surface area (Å²) in [6, 6.07) is 5.01. The maximum absolute atomic E-state index is 11.0. The molecule has 0 aromatic heterocycles. The van der Waals surface area contributed by atoms with Crippen LogP contribution in [0.15, 0.2) is 18.2 Å². The van der Waals surface area contributed by atoms with Gasteiger partial charge in [-0.1, -0.05) is 6.07 Å². The molecule has 108 valence electrons. The van der Waals surface area contributed by atoms with Crippen molar-refractivity contribution in [3.05, 3.63) is 33.9 Å². The highest BCUT2D eigenvalue weighted by atomic mass is 16.6. The number of nitrogens with zero attached hydrogens (tertiary/aromatic N) is 2. The smallest absolute Gasteiger partial charge is 0.311 e. The van der Waals surface area contributed by atoms with Crippen molar-refractivity contribution in [1.29, 1.82) is 0 Å². The summed E-state index contributed by atoms with van der Waals surface area (Å²) in [5, 5.41) is 21.2. The second kappa shape index (κ2) is 4.71. The van der Waals surface area contributed by atoms with Crippen molar-refractivity contribution in [3.8, 4) is 5.75 Å². The molecule has 0 amide bonds. The number of nitro benzene ring substituents is 1. The monoisotopic (exact) mass is 278 g/mol. The molecule has 0 bridgehead atoms. The zero-order valence-electron chi connectivity index (χ0n) is 11.4. The van der Waals surface area contributed by atoms with E-state index in [1.807, 2.05) is 6.07 Å². The molecular weight excluding hydrogens is 260 g/mol. The van der Waals surface area contributed by atoms with E-state index in [1.165, 1.54) is 7.11 Å². The van der Waals surface area contributed by atoms with E-state index in [-0.39, 0.29) is 11.4 Å². The molecule has 0 radical (unpaired) electrons. The van der Waals surface area contributed by atoms with Crippen molar-refractivity contribution in [3.63, 3.8) is 0 Å². The first-order valence-corrected chi connectivity index (χ1v) is 6.78. The van der Waals surface area contributed by atoms with Crippen LogP contribution < -0.4 is 4.74 Å². The van der Waals surface area contributed by atoms with Gasteiger partial charge >= 0.3 is 5.69 Å². The Morgan fingerprint density at radius 3 is 2.75 bits per heavy atom. The molecular formula is C14H18N2O4. The third-order valence-electron chi connectivity index (χ3n) is 4.18. The molecule has 1 aromatic rings. The van der Waals surface area contributed by atoms with Gasteiger partial charge in [0.25, 0.3) is 0 Å². The summed E-state index contributed by atoms with van der Waals surface area (Å²) in [5.74, 6) is 0.737. The first-order chi connectivity index (χ1) is 9.51. The Morgan fingerprint density at radius 1 is 1.50 bits per heavy atom. The average Bonchev–Trinajstić information content (AvgIpc) is 3.21. The number of hydrogen-bond acceptors (Lipinski definition) is 5. The van der Waals surface area contributed by atoms with Crippen LogP contribution in [0.5, 0.6) is 5.75 Å². The van der Waals surface area contributed by atoms with E-state index in [9.17, 15) is 15.2 Å². The van der Waals surface area contributed by atoms with Crippen molar-refractivity contribution >= 4 is 5.69 Å². The molecule has 1 aliphatic carbocycles. The lowest BCUT2D eigenvalue weighted by molar-refractivity contribution is -0.385. The molecule has 1 N–H and O–H groups in total. The van der Waals surface area contributed by atoms with Gasteiger partial charge in [0.05, 0.1) is 17.6 Å². The zero-order valence-corrected chi connectivity index (χ0v) is 11.4. The molecule has 6 heteroatoms. The Morgan fingerprint density at radius 2 is 2.20 bits per heavy atom. The number of benzene rings is 1. The maximum Gasteiger partial charge on any atom is 0.311 e. The highest BCUT2D eigenvalue weighted by Gasteiger charge is 2.51. The molecule has 0 unspecified atom stereocenters. The number of methoxy groups -OCH3 is 1. The van der Waals surface area contributed by atoms with Gasteiger partial charge in [0.1, 0.15) is 0 Å². The third-order valence-corrected chi connectivity index (χ3v) is 4.18. The maximum atomic E-state index is 11.0. The lowest BCUT2D eigenvalue weighted by atomic mass is 9.88. The van der Waals surface area contributed by atoms with E-state index in [1.54, 1.807) is 12.1 Å². The molecule has 1 saturated heterocycles. The standard InChI is InChI=1S/C14H18N2O4/c1-20-13-5-2-10(6-12(13)16(18)19)7-15-8-14(17,9-15)11-3-4-11/h2,5-6,11,17H,3-4,7-9H2,1H3. The highest BCUT2D eigenvalue weighted by molar-refractivity contribution is 5.48. The van der Waals surface area contributed by atoms with Crippen molar-refractivity contribution in [2.75, 3.05) is 20.2 Å². The van der Waals surface area contributed by atoms with Crippen LogP contribution >= 0.6 is 0 Å². The van der Waals surface area contributed by atoms with E-state index < -0.39 is 10.5 Å². The molecule has 1 aliphatic heterocycles. The molecule has 2 aliphatic rings. The fourth-order valence-electron chi connectivity index (χ4n) is 2.95. The van der Waals surface area contributed by atoms with Gasteiger partial charge in [-0.15, -0.1) is 0 Å². The number of aliphatic hydroxyl groups is 1. The average molecular weight is 278 g/mol. The van der Waals surface area contributed by atoms with Gasteiger partial charge in [-0.05, 0) is 30.4 Å². The quantitative estimate of drug-likeness (QED) is 0.653. The summed E-state index contributed by atoms with van der Waals surface area (Å²) in [6.45, 7) is 1.95. The van der Waals surface area contributed by atoms with Crippen LogP contribution in [-0.2, 0) is 6.54 Å². The molecule has 2 fully saturated rings. The molecule has 1 heterocycles. The summed E-state index contributed by atoms with van der Waals surface area (Å²) >= 11 is 0. The van der Waals surface area contributed by atoms with Gasteiger partial charge in [0.2, 0.25) is 0 Å². The minimum Gasteiger partial charge on any atom is -0.490 e. The summed E-state index contributed by atoms with van der Waals surface area (Å²) < 4.78 is 4.98. The molecule has 20 heavy (non-hydrogen) atoms. The van der Waals surface area contributed by atoms with Crippen LogP contribution in [0.1, 0.15) is 18.4 Å². The predicted octanol–water partition coefficient (Wildman–Crippen LogP) is 1.56. The Kier molecular flexibility index (Phi) is 3.14. The van der Waals surface area contributed by atoms with Crippen molar-refractivity contribution in [1.82, 2.24) is 4.90 Å². The van der Waals surface area contributed by atoms with Crippen LogP contribution in [0.2, 0.25) is 0 Å². The van der Waals surface area contributed by atoms with Crippen molar-refractivity contribution in [2.24, 2.45) is 5.92 Å². The Balaban J connectivity index is 1.66. The van der Waals surface area contributed by atoms with Gasteiger partial charge in [0.15, 0.2) is 5.75 Å². The van der Waals surface area contributed by atoms with Crippen LogP contribution in [-0.4, -0.2) is 40.7 Å². The molecule has 1 aromatic carbocycles. The lowest BCUT2D eigenvalue weighted by Gasteiger charge is -2.47. The Labute approximate surface area is 117 Å². The normalized spacial score (nSPS) is 21.3. The van der Waals surface area contributed by atoms with Gasteiger partial charge in [-0.25, -0.2) is 0 Å². The summed E-state index contributed by atoms with van der Waals surface area (Å²) in [5.41, 5.74) is 0.344. The SMILES string of the molecule is COc1ccc(CN2CC(O)(C3CC3)C2)cc1[N+](=O)[O-]. The molecule has 3 rings (SSSR count). The number of hydrogen-bond donors (Lipinski definition) is 1. The van der Waals surface area contributed by atoms with E-state index in [0.717, 1.165) is 18.4 Å². The Bertz CT molecular complexity index is 536. The van der Waals surface area contributed by atoms with Gasteiger partial charge in [-0.2, -0.15) is 0 Å². The molecule has 0 atom stereocenters. The van der Waals surface area contributed by atoms with Crippen LogP contribution in [0.3, 0.4) is 0 Å². The fraction of sp³-hybridized carbons (Fsp3) is 0.571. The first-order valence-electron chi connectivity index (χ1n) is 6.78. The Hall–Kier alpha value is -1.66. The van der Waals surface area contributed by atoms with Gasteiger partial charge in [-0.3, -0.25) is 15.0 Å². The van der Waals surface area contributed by atoms with Gasteiger partial charge in [0, 0.05) is 25.7 Å². The largest absolute Gasteiger partial charge is 0.490 e. The zero-order chi connectivity index (χ0) is 14.3. The third kappa shape index (κ3) is 2.36. The summed E-state index contributed by atoms with van der Waals surface area (Å²) in [4.78, 5) is 12.7. The lowest BCUT2D eigenvalue weighted by Crippen LogP contribution is -2.62. The number of β-amino-alcohol motifs (C(OH)–C–C–N with tert-alkyl or cyclic N) is 1. The second-order valence-corrected chi connectivity index (χ2v) is 5.79. The van der Waals surface area contributed by atoms with E-state index >= 15 is 0 Å². The summed E-state index contributed by atoms with van der Waals surface area (Å²) in [6.07, 6.45) is 2.25. The first kappa shape index (κ1) is 13.3. The highest BCUT2D eigenvalue weighted by Crippen LogP contribution is 2.44. The van der Waals surface area contributed by atoms with Crippen LogP contribution in [0, 0.1) is 16.0 Å². The number of ether oxygens (including phenoxy) is 1. The van der Waals surface area contributed by atoms with Crippen LogP contribution in [0.25, 0.3) is 0 Å². The predicted molar refractivity (Wildman–Crippen MR) is 72.6 cm³/mol. The summed E-state index contributed by atoms with van der Waals surface area (Å²) in [7, 11) is 1.42. The number of rotatable bonds is 5. The van der Waals surface area contributed by atoms with Crippen LogP contribution in [0.4, 0.5) is 5.69 Å². The topological polar surface area (TPSA) is 75.8 Å².